The fraction of sp³-hybridized carbons (Fsp3) is 0.857. The fourth-order valence-electron chi connectivity index (χ4n) is 3.33. The van der Waals surface area contributed by atoms with Crippen molar-refractivity contribution in [2.75, 3.05) is 13.1 Å². The molecule has 0 aromatic heterocycles. The maximum absolute atomic E-state index is 12.6. The molecule has 2 amide bonds. The maximum atomic E-state index is 12.6. The summed E-state index contributed by atoms with van der Waals surface area (Å²) in [6.45, 7) is 5.00. The molecule has 5 heteroatoms. The summed E-state index contributed by atoms with van der Waals surface area (Å²) >= 11 is 0. The van der Waals surface area contributed by atoms with E-state index in [0.29, 0.717) is 0 Å². The van der Waals surface area contributed by atoms with E-state index in [1.807, 2.05) is 11.8 Å². The van der Waals surface area contributed by atoms with Gasteiger partial charge < -0.3 is 16.0 Å². The van der Waals surface area contributed by atoms with Gasteiger partial charge in [-0.3, -0.25) is 9.59 Å². The molecule has 1 saturated heterocycles. The Bertz CT molecular complexity index is 364. The van der Waals surface area contributed by atoms with E-state index in [0.717, 1.165) is 45.2 Å². The molecule has 1 aliphatic carbocycles. The minimum Gasteiger partial charge on any atom is -0.353 e. The standard InChI is InChI=1S/C14H25N3O2/c1-10(18)16-11-5-8-17(9-6-11)13(19)14(2)7-3-4-12(14)15/h11-12H,3-9,15H2,1-2H3,(H,16,18). The predicted molar refractivity (Wildman–Crippen MR) is 73.4 cm³/mol. The Hall–Kier alpha value is -1.10. The average Bonchev–Trinajstić information content (AvgIpc) is 2.70. The zero-order chi connectivity index (χ0) is 14.0. The Kier molecular flexibility index (Phi) is 4.13. The molecule has 1 aliphatic heterocycles. The summed E-state index contributed by atoms with van der Waals surface area (Å²) < 4.78 is 0. The van der Waals surface area contributed by atoms with Gasteiger partial charge in [-0.15, -0.1) is 0 Å². The molecule has 0 radical (unpaired) electrons. The van der Waals surface area contributed by atoms with Crippen LogP contribution in [0, 0.1) is 5.41 Å². The predicted octanol–water partition coefficient (Wildman–Crippen LogP) is 0.631. The van der Waals surface area contributed by atoms with Gasteiger partial charge in [0.25, 0.3) is 0 Å². The minimum atomic E-state index is -0.374. The summed E-state index contributed by atoms with van der Waals surface area (Å²) in [5.41, 5.74) is 5.74. The second kappa shape index (κ2) is 5.49. The van der Waals surface area contributed by atoms with Crippen molar-refractivity contribution in [2.24, 2.45) is 11.1 Å². The van der Waals surface area contributed by atoms with Crippen LogP contribution in [0.25, 0.3) is 0 Å². The second-order valence-corrected chi connectivity index (χ2v) is 6.18. The first kappa shape index (κ1) is 14.3. The number of hydrogen-bond donors (Lipinski definition) is 2. The van der Waals surface area contributed by atoms with Crippen LogP contribution in [0.2, 0.25) is 0 Å². The van der Waals surface area contributed by atoms with Crippen LogP contribution >= 0.6 is 0 Å². The summed E-state index contributed by atoms with van der Waals surface area (Å²) in [5, 5.41) is 2.93. The molecular formula is C14H25N3O2. The van der Waals surface area contributed by atoms with Crippen molar-refractivity contribution < 1.29 is 9.59 Å². The van der Waals surface area contributed by atoms with Gasteiger partial charge in [-0.1, -0.05) is 6.42 Å². The minimum absolute atomic E-state index is 0.00642. The van der Waals surface area contributed by atoms with Gasteiger partial charge in [0.05, 0.1) is 5.41 Å². The Balaban J connectivity index is 1.91. The molecule has 2 unspecified atom stereocenters. The van der Waals surface area contributed by atoms with E-state index in [9.17, 15) is 9.59 Å². The molecule has 0 bridgehead atoms. The van der Waals surface area contributed by atoms with Crippen molar-refractivity contribution in [3.8, 4) is 0 Å². The first-order valence-corrected chi connectivity index (χ1v) is 7.25. The van der Waals surface area contributed by atoms with Crippen molar-refractivity contribution in [3.63, 3.8) is 0 Å². The third kappa shape index (κ3) is 2.91. The normalized spacial score (nSPS) is 32.4. The number of nitrogens with one attached hydrogen (secondary N) is 1. The Morgan fingerprint density at radius 1 is 1.26 bits per heavy atom. The van der Waals surface area contributed by atoms with E-state index in [1.165, 1.54) is 6.92 Å². The number of carbonyl (C=O) groups is 2. The monoisotopic (exact) mass is 267 g/mol. The molecule has 108 valence electrons. The fourth-order valence-corrected chi connectivity index (χ4v) is 3.33. The van der Waals surface area contributed by atoms with Crippen molar-refractivity contribution in [1.82, 2.24) is 10.2 Å². The molecule has 3 N–H and O–H groups in total. The summed E-state index contributed by atoms with van der Waals surface area (Å²) in [7, 11) is 0. The van der Waals surface area contributed by atoms with Crippen molar-refractivity contribution in [3.05, 3.63) is 0 Å². The molecule has 0 aromatic rings. The topological polar surface area (TPSA) is 75.4 Å². The third-order valence-electron chi connectivity index (χ3n) is 4.71. The van der Waals surface area contributed by atoms with Gasteiger partial charge in [0.2, 0.25) is 11.8 Å². The Morgan fingerprint density at radius 2 is 1.89 bits per heavy atom. The van der Waals surface area contributed by atoms with E-state index in [1.54, 1.807) is 0 Å². The number of rotatable bonds is 2. The second-order valence-electron chi connectivity index (χ2n) is 6.18. The summed E-state index contributed by atoms with van der Waals surface area (Å²) in [5.74, 6) is 0.216. The largest absolute Gasteiger partial charge is 0.353 e. The number of amides is 2. The SMILES string of the molecule is CC(=O)NC1CCN(C(=O)C2(C)CCCC2N)CC1. The number of piperidine rings is 1. The Labute approximate surface area is 114 Å². The number of nitrogens with two attached hydrogens (primary N) is 1. The molecule has 1 heterocycles. The number of nitrogens with zero attached hydrogens (tertiary/aromatic N) is 1. The lowest BCUT2D eigenvalue weighted by molar-refractivity contribution is -0.142. The lowest BCUT2D eigenvalue weighted by Gasteiger charge is -2.38. The van der Waals surface area contributed by atoms with Crippen LogP contribution < -0.4 is 11.1 Å². The first-order chi connectivity index (χ1) is 8.93. The number of carbonyl (C=O) groups excluding carboxylic acids is 2. The molecule has 2 fully saturated rings. The van der Waals surface area contributed by atoms with E-state index in [2.05, 4.69) is 5.32 Å². The Morgan fingerprint density at radius 3 is 2.37 bits per heavy atom. The van der Waals surface area contributed by atoms with Crippen LogP contribution in [-0.2, 0) is 9.59 Å². The van der Waals surface area contributed by atoms with E-state index >= 15 is 0 Å². The van der Waals surface area contributed by atoms with Crippen molar-refractivity contribution in [1.29, 1.82) is 0 Å². The molecule has 19 heavy (non-hydrogen) atoms. The first-order valence-electron chi connectivity index (χ1n) is 7.25. The van der Waals surface area contributed by atoms with Gasteiger partial charge in [-0.25, -0.2) is 0 Å². The lowest BCUT2D eigenvalue weighted by Crippen LogP contribution is -2.53. The highest BCUT2D eigenvalue weighted by Gasteiger charge is 2.45. The van der Waals surface area contributed by atoms with E-state index < -0.39 is 0 Å². The van der Waals surface area contributed by atoms with Gasteiger partial charge in [0.15, 0.2) is 0 Å². The molecule has 2 atom stereocenters. The average molecular weight is 267 g/mol. The number of likely N-dealkylation sites (tertiary alicyclic amines) is 1. The highest BCUT2D eigenvalue weighted by atomic mass is 16.2. The third-order valence-corrected chi connectivity index (χ3v) is 4.71. The van der Waals surface area contributed by atoms with Gasteiger partial charge in [0, 0.05) is 32.1 Å². The van der Waals surface area contributed by atoms with Crippen LogP contribution in [-0.4, -0.2) is 41.9 Å². The quantitative estimate of drug-likeness (QED) is 0.770. The molecular weight excluding hydrogens is 242 g/mol. The van der Waals surface area contributed by atoms with Crippen molar-refractivity contribution in [2.45, 2.75) is 58.0 Å². The molecule has 1 saturated carbocycles. The summed E-state index contributed by atoms with van der Waals surface area (Å²) in [4.78, 5) is 25.6. The van der Waals surface area contributed by atoms with Crippen LogP contribution in [0.5, 0.6) is 0 Å². The van der Waals surface area contributed by atoms with Gasteiger partial charge in [0.1, 0.15) is 0 Å². The highest BCUT2D eigenvalue weighted by Crippen LogP contribution is 2.38. The zero-order valence-electron chi connectivity index (χ0n) is 11.9. The van der Waals surface area contributed by atoms with Crippen LogP contribution in [0.4, 0.5) is 0 Å². The summed E-state index contributed by atoms with van der Waals surface area (Å²) in [6.07, 6.45) is 4.59. The molecule has 2 aliphatic rings. The van der Waals surface area contributed by atoms with Crippen LogP contribution in [0.3, 0.4) is 0 Å². The van der Waals surface area contributed by atoms with Gasteiger partial charge in [-0.05, 0) is 32.6 Å². The van der Waals surface area contributed by atoms with E-state index in [4.69, 9.17) is 5.73 Å². The highest BCUT2D eigenvalue weighted by molar-refractivity contribution is 5.83. The zero-order valence-corrected chi connectivity index (χ0v) is 11.9. The molecule has 0 spiro atoms. The summed E-state index contributed by atoms with van der Waals surface area (Å²) in [6, 6.07) is 0.208. The van der Waals surface area contributed by atoms with E-state index in [-0.39, 0.29) is 29.3 Å². The molecule has 5 nitrogen and oxygen atoms in total. The molecule has 0 aromatic carbocycles. The number of hydrogen-bond acceptors (Lipinski definition) is 3. The maximum Gasteiger partial charge on any atom is 0.230 e. The lowest BCUT2D eigenvalue weighted by atomic mass is 9.83. The van der Waals surface area contributed by atoms with Gasteiger partial charge in [-0.2, -0.15) is 0 Å². The van der Waals surface area contributed by atoms with Crippen LogP contribution in [0.1, 0.15) is 46.0 Å². The molecule has 2 rings (SSSR count). The van der Waals surface area contributed by atoms with Crippen molar-refractivity contribution >= 4 is 11.8 Å². The smallest absolute Gasteiger partial charge is 0.230 e. The van der Waals surface area contributed by atoms with Gasteiger partial charge >= 0.3 is 0 Å². The van der Waals surface area contributed by atoms with Crippen LogP contribution in [0.15, 0.2) is 0 Å².